The van der Waals surface area contributed by atoms with Crippen molar-refractivity contribution in [3.63, 3.8) is 0 Å². The van der Waals surface area contributed by atoms with E-state index in [1.807, 2.05) is 26.0 Å². The van der Waals surface area contributed by atoms with Crippen LogP contribution in [0.2, 0.25) is 0 Å². The molecule has 0 saturated carbocycles. The van der Waals surface area contributed by atoms with Crippen molar-refractivity contribution in [2.75, 3.05) is 7.11 Å². The van der Waals surface area contributed by atoms with Gasteiger partial charge in [0.25, 0.3) is 0 Å². The number of methoxy groups -OCH3 is 1. The minimum Gasteiger partial charge on any atom is -0.496 e. The highest BCUT2D eigenvalue weighted by Gasteiger charge is 2.19. The highest BCUT2D eigenvalue weighted by Crippen LogP contribution is 2.28. The summed E-state index contributed by atoms with van der Waals surface area (Å²) in [5.74, 6) is 0.331. The summed E-state index contributed by atoms with van der Waals surface area (Å²) in [7, 11) is 1.59. The van der Waals surface area contributed by atoms with E-state index in [4.69, 9.17) is 10.5 Å². The third-order valence-corrected chi connectivity index (χ3v) is 2.91. The highest BCUT2D eigenvalue weighted by atomic mass is 79.9. The summed E-state index contributed by atoms with van der Waals surface area (Å²) < 4.78 is 5.94. The van der Waals surface area contributed by atoms with Gasteiger partial charge in [-0.05, 0) is 47.5 Å². The number of hydrogen-bond acceptors (Lipinski definition) is 3. The second-order valence-electron chi connectivity index (χ2n) is 4.05. The van der Waals surface area contributed by atoms with E-state index in [9.17, 15) is 4.79 Å². The number of rotatable bonds is 5. The van der Waals surface area contributed by atoms with Crippen molar-refractivity contribution in [3.8, 4) is 5.75 Å². The molecule has 0 fully saturated rings. The van der Waals surface area contributed by atoms with Gasteiger partial charge in [-0.25, -0.2) is 0 Å². The second kappa shape index (κ2) is 6.02. The second-order valence-corrected chi connectivity index (χ2v) is 4.91. The van der Waals surface area contributed by atoms with Gasteiger partial charge in [0.2, 0.25) is 5.91 Å². The lowest BCUT2D eigenvalue weighted by atomic mass is 10.1. The zero-order valence-electron chi connectivity index (χ0n) is 10.2. The van der Waals surface area contributed by atoms with Crippen molar-refractivity contribution < 1.29 is 9.53 Å². The van der Waals surface area contributed by atoms with Crippen molar-refractivity contribution in [3.05, 3.63) is 28.2 Å². The Bertz CT molecular complexity index is 407. The molecule has 0 aliphatic carbocycles. The highest BCUT2D eigenvalue weighted by molar-refractivity contribution is 9.10. The first kappa shape index (κ1) is 14.0. The smallest absolute Gasteiger partial charge is 0.239 e. The molecule has 1 rings (SSSR count). The van der Waals surface area contributed by atoms with Crippen LogP contribution in [0.1, 0.15) is 25.5 Å². The minimum atomic E-state index is -0.489. The van der Waals surface area contributed by atoms with E-state index in [2.05, 4.69) is 21.2 Å². The van der Waals surface area contributed by atoms with Gasteiger partial charge in [-0.3, -0.25) is 10.1 Å². The number of halogens is 1. The maximum absolute atomic E-state index is 11.4. The first-order valence-electron chi connectivity index (χ1n) is 5.34. The van der Waals surface area contributed by atoms with E-state index in [0.717, 1.165) is 15.8 Å². The molecule has 4 nitrogen and oxygen atoms in total. The van der Waals surface area contributed by atoms with Crippen molar-refractivity contribution in [2.45, 2.75) is 25.9 Å². The van der Waals surface area contributed by atoms with Crippen LogP contribution in [-0.4, -0.2) is 19.1 Å². The minimum absolute atomic E-state index is 0.174. The molecule has 0 aliphatic rings. The number of amides is 1. The first-order valence-corrected chi connectivity index (χ1v) is 6.13. The fraction of sp³-hybridized carbons (Fsp3) is 0.417. The van der Waals surface area contributed by atoms with Gasteiger partial charge in [0.05, 0.1) is 11.6 Å². The molecule has 3 N–H and O–H groups in total. The van der Waals surface area contributed by atoms with Gasteiger partial charge in [0, 0.05) is 6.04 Å². The Balaban J connectivity index is 3.02. The fourth-order valence-corrected chi connectivity index (χ4v) is 2.10. The predicted molar refractivity (Wildman–Crippen MR) is 70.9 cm³/mol. The van der Waals surface area contributed by atoms with Crippen molar-refractivity contribution in [2.24, 2.45) is 5.73 Å². The summed E-state index contributed by atoms with van der Waals surface area (Å²) in [6.07, 6.45) is 0. The van der Waals surface area contributed by atoms with Gasteiger partial charge >= 0.3 is 0 Å². The van der Waals surface area contributed by atoms with Crippen molar-refractivity contribution >= 4 is 21.8 Å². The lowest BCUT2D eigenvalue weighted by Gasteiger charge is -2.19. The van der Waals surface area contributed by atoms with Crippen LogP contribution in [0, 0.1) is 0 Å². The summed E-state index contributed by atoms with van der Waals surface area (Å²) in [6.45, 7) is 3.93. The number of nitrogens with two attached hydrogens (primary N) is 1. The molecule has 1 unspecified atom stereocenters. The molecule has 0 heterocycles. The fourth-order valence-electron chi connectivity index (χ4n) is 1.54. The van der Waals surface area contributed by atoms with E-state index in [0.29, 0.717) is 0 Å². The Kier molecular flexibility index (Phi) is 4.96. The summed E-state index contributed by atoms with van der Waals surface area (Å²) >= 11 is 3.39. The Morgan fingerprint density at radius 2 is 2.12 bits per heavy atom. The Hall–Kier alpha value is -1.07. The van der Waals surface area contributed by atoms with Crippen LogP contribution in [0.3, 0.4) is 0 Å². The van der Waals surface area contributed by atoms with E-state index >= 15 is 0 Å². The standard InChI is InChI=1S/C12H17BrN2O2/c1-7(2)15-11(12(14)16)8-4-5-10(17-3)9(13)6-8/h4-7,11,15H,1-3H3,(H2,14,16). The molecule has 1 aromatic carbocycles. The van der Waals surface area contributed by atoms with Gasteiger partial charge in [0.1, 0.15) is 11.8 Å². The van der Waals surface area contributed by atoms with Crippen LogP contribution in [0.4, 0.5) is 0 Å². The molecular weight excluding hydrogens is 284 g/mol. The lowest BCUT2D eigenvalue weighted by molar-refractivity contribution is -0.120. The molecule has 1 amide bonds. The predicted octanol–water partition coefficient (Wildman–Crippen LogP) is 1.98. The zero-order valence-corrected chi connectivity index (χ0v) is 11.7. The molecule has 94 valence electrons. The molecular formula is C12H17BrN2O2. The maximum Gasteiger partial charge on any atom is 0.239 e. The topological polar surface area (TPSA) is 64.3 Å². The first-order chi connectivity index (χ1) is 7.95. The van der Waals surface area contributed by atoms with Gasteiger partial charge in [-0.15, -0.1) is 0 Å². The number of carbonyl (C=O) groups excluding carboxylic acids is 1. The number of hydrogen-bond donors (Lipinski definition) is 2. The SMILES string of the molecule is COc1ccc(C(NC(C)C)C(N)=O)cc1Br. The average Bonchev–Trinajstić information content (AvgIpc) is 2.25. The molecule has 0 aliphatic heterocycles. The molecule has 0 saturated heterocycles. The maximum atomic E-state index is 11.4. The number of primary amides is 1. The number of ether oxygens (including phenoxy) is 1. The lowest BCUT2D eigenvalue weighted by Crippen LogP contribution is -2.37. The van der Waals surface area contributed by atoms with E-state index < -0.39 is 11.9 Å². The van der Waals surface area contributed by atoms with E-state index in [1.54, 1.807) is 13.2 Å². The van der Waals surface area contributed by atoms with Crippen LogP contribution < -0.4 is 15.8 Å². The number of benzene rings is 1. The number of nitrogens with one attached hydrogen (secondary N) is 1. The van der Waals surface area contributed by atoms with Crippen molar-refractivity contribution in [1.29, 1.82) is 0 Å². The number of carbonyl (C=O) groups is 1. The Morgan fingerprint density at radius 1 is 1.47 bits per heavy atom. The van der Waals surface area contributed by atoms with Crippen LogP contribution >= 0.6 is 15.9 Å². The third kappa shape index (κ3) is 3.71. The average molecular weight is 301 g/mol. The van der Waals surface area contributed by atoms with Crippen molar-refractivity contribution in [1.82, 2.24) is 5.32 Å². The van der Waals surface area contributed by atoms with Crippen LogP contribution in [0.25, 0.3) is 0 Å². The largest absolute Gasteiger partial charge is 0.496 e. The van der Waals surface area contributed by atoms with Gasteiger partial charge in [0.15, 0.2) is 0 Å². The summed E-state index contributed by atoms with van der Waals surface area (Å²) in [5, 5.41) is 3.12. The van der Waals surface area contributed by atoms with Crippen LogP contribution in [-0.2, 0) is 4.79 Å². The van der Waals surface area contributed by atoms with Crippen LogP contribution in [0.15, 0.2) is 22.7 Å². The monoisotopic (exact) mass is 300 g/mol. The molecule has 0 bridgehead atoms. The van der Waals surface area contributed by atoms with E-state index in [1.165, 1.54) is 0 Å². The zero-order chi connectivity index (χ0) is 13.0. The molecule has 17 heavy (non-hydrogen) atoms. The van der Waals surface area contributed by atoms with Gasteiger partial charge < -0.3 is 10.5 Å². The van der Waals surface area contributed by atoms with Gasteiger partial charge in [-0.1, -0.05) is 6.07 Å². The normalized spacial score (nSPS) is 12.5. The molecule has 0 spiro atoms. The van der Waals surface area contributed by atoms with E-state index in [-0.39, 0.29) is 6.04 Å². The molecule has 0 aromatic heterocycles. The summed E-state index contributed by atoms with van der Waals surface area (Å²) in [5.41, 5.74) is 6.21. The molecule has 1 aromatic rings. The Morgan fingerprint density at radius 3 is 2.53 bits per heavy atom. The summed E-state index contributed by atoms with van der Waals surface area (Å²) in [4.78, 5) is 11.4. The molecule has 1 atom stereocenters. The molecule has 5 heteroatoms. The quantitative estimate of drug-likeness (QED) is 0.874. The Labute approximate surface area is 110 Å². The third-order valence-electron chi connectivity index (χ3n) is 2.29. The van der Waals surface area contributed by atoms with Crippen LogP contribution in [0.5, 0.6) is 5.75 Å². The molecule has 0 radical (unpaired) electrons. The van der Waals surface area contributed by atoms with Gasteiger partial charge in [-0.2, -0.15) is 0 Å². The summed E-state index contributed by atoms with van der Waals surface area (Å²) in [6, 6.07) is 5.15.